The van der Waals surface area contributed by atoms with E-state index in [0.29, 0.717) is 30.0 Å². The van der Waals surface area contributed by atoms with Crippen LogP contribution in [0.2, 0.25) is 0 Å². The number of nitrogens with one attached hydrogen (secondary N) is 2. The maximum absolute atomic E-state index is 13.1. The molecule has 2 atom stereocenters. The molecule has 7 nitrogen and oxygen atoms in total. The summed E-state index contributed by atoms with van der Waals surface area (Å²) in [7, 11) is -3.03. The van der Waals surface area contributed by atoms with Crippen molar-refractivity contribution in [2.24, 2.45) is 52.1 Å². The summed E-state index contributed by atoms with van der Waals surface area (Å²) < 4.78 is 13.8. The molecule has 0 spiro atoms. The van der Waals surface area contributed by atoms with Gasteiger partial charge in [-0.15, -0.1) is 0 Å². The second-order valence-corrected chi connectivity index (χ2v) is 23.4. The van der Waals surface area contributed by atoms with Crippen molar-refractivity contribution in [2.45, 2.75) is 129 Å². The number of hydrogen-bond donors (Lipinski definition) is 3. The van der Waals surface area contributed by atoms with Crippen LogP contribution < -0.4 is 26.7 Å². The van der Waals surface area contributed by atoms with Gasteiger partial charge in [0.1, 0.15) is 0 Å². The van der Waals surface area contributed by atoms with Crippen LogP contribution in [0.4, 0.5) is 4.79 Å². The van der Waals surface area contributed by atoms with E-state index in [-0.39, 0.29) is 17.7 Å². The van der Waals surface area contributed by atoms with Crippen LogP contribution in [0.1, 0.15) is 111 Å². The van der Waals surface area contributed by atoms with Crippen molar-refractivity contribution in [1.29, 1.82) is 0 Å². The van der Waals surface area contributed by atoms with Gasteiger partial charge in [-0.2, -0.15) is 0 Å². The number of carbonyl (C=O) groups is 1. The smallest absolute Gasteiger partial charge is 0.385 e. The van der Waals surface area contributed by atoms with Gasteiger partial charge in [0.2, 0.25) is 0 Å². The van der Waals surface area contributed by atoms with Gasteiger partial charge in [-0.3, -0.25) is 0 Å². The first-order chi connectivity index (χ1) is 25.9. The van der Waals surface area contributed by atoms with Crippen molar-refractivity contribution in [3.63, 3.8) is 0 Å². The zero-order chi connectivity index (χ0) is 37.6. The maximum atomic E-state index is 13.1. The Bertz CT molecular complexity index is 1450. The Hall–Kier alpha value is -2.23. The molecule has 1 saturated heterocycles. The Kier molecular flexibility index (Phi) is 11.2. The Morgan fingerprint density at radius 3 is 1.70 bits per heavy atom. The molecule has 1 heterocycles. The normalized spacial score (nSPS) is 35.5. The molecule has 9 fully saturated rings. The Morgan fingerprint density at radius 2 is 1.26 bits per heavy atom. The predicted molar refractivity (Wildman–Crippen MR) is 221 cm³/mol. The minimum atomic E-state index is -3.03. The van der Waals surface area contributed by atoms with E-state index in [1.54, 1.807) is 19.3 Å². The first-order valence-corrected chi connectivity index (χ1v) is 23.7. The number of urea groups is 1. The fourth-order valence-corrected chi connectivity index (χ4v) is 16.9. The molecular weight excluding hydrogens is 685 g/mol. The molecule has 8 saturated carbocycles. The highest BCUT2D eigenvalue weighted by Crippen LogP contribution is 2.61. The highest BCUT2D eigenvalue weighted by Gasteiger charge is 2.53. The lowest BCUT2D eigenvalue weighted by Crippen LogP contribution is -2.66. The van der Waals surface area contributed by atoms with Crippen LogP contribution in [0, 0.1) is 46.3 Å². The SMILES string of the molecule is CC(C)(C)O[Si](OC[C@@H]1CN(CC23CC4CC(CC(C4)C2)C3)C(=O)N1)(c1ccccc1)c1ccccc1.CC[C@@H](N)CNCC12CC3CC(CC(C3)C1)C2. The van der Waals surface area contributed by atoms with Crippen LogP contribution >= 0.6 is 0 Å². The Labute approximate surface area is 327 Å². The lowest BCUT2D eigenvalue weighted by molar-refractivity contribution is -0.0625. The van der Waals surface area contributed by atoms with E-state index in [4.69, 9.17) is 14.6 Å². The quantitative estimate of drug-likeness (QED) is 0.188. The molecule has 4 N–H and O–H groups in total. The molecule has 1 aliphatic heterocycles. The third-order valence-corrected chi connectivity index (χ3v) is 18.2. The average Bonchev–Trinajstić information content (AvgIpc) is 3.47. The molecule has 0 radical (unpaired) electrons. The van der Waals surface area contributed by atoms with Crippen LogP contribution in [0.15, 0.2) is 60.7 Å². The first-order valence-electron chi connectivity index (χ1n) is 21.9. The second kappa shape index (κ2) is 15.6. The number of nitrogens with zero attached hydrogens (tertiary/aromatic N) is 1. The summed E-state index contributed by atoms with van der Waals surface area (Å²) in [5.41, 5.74) is 6.62. The van der Waals surface area contributed by atoms with Gasteiger partial charge in [-0.05, 0) is 161 Å². The molecule has 9 aliphatic rings. The minimum absolute atomic E-state index is 0.0377. The monoisotopic (exact) mass is 755 g/mol. The van der Waals surface area contributed by atoms with Crippen molar-refractivity contribution in [3.8, 4) is 0 Å². The third-order valence-electron chi connectivity index (χ3n) is 14.6. The highest BCUT2D eigenvalue weighted by molar-refractivity contribution is 6.92. The van der Waals surface area contributed by atoms with Crippen molar-refractivity contribution in [1.82, 2.24) is 15.5 Å². The van der Waals surface area contributed by atoms with Gasteiger partial charge in [0, 0.05) is 32.2 Å². The Morgan fingerprint density at radius 1 is 0.796 bits per heavy atom. The fraction of sp³-hybridized carbons (Fsp3) is 0.717. The number of rotatable bonds is 13. The number of carbonyl (C=O) groups excluding carboxylic acids is 1. The van der Waals surface area contributed by atoms with Crippen molar-refractivity contribution in [3.05, 3.63) is 60.7 Å². The van der Waals surface area contributed by atoms with Crippen molar-refractivity contribution in [2.75, 3.05) is 32.8 Å². The average molecular weight is 755 g/mol. The second-order valence-electron chi connectivity index (χ2n) is 20.5. The van der Waals surface area contributed by atoms with E-state index >= 15 is 0 Å². The molecule has 11 rings (SSSR count). The molecule has 0 aromatic heterocycles. The Balaban J connectivity index is 0.000000202. The summed E-state index contributed by atoms with van der Waals surface area (Å²) in [6, 6.07) is 21.2. The molecule has 54 heavy (non-hydrogen) atoms. The first kappa shape index (κ1) is 38.6. The number of hydrogen-bond acceptors (Lipinski definition) is 5. The van der Waals surface area contributed by atoms with E-state index in [1.165, 1.54) is 64.3 Å². The number of benzene rings is 2. The standard InChI is InChI=1S/C31H42N2O3Si.C15H28N2/c1-30(2,3)36-37(27-10-6-4-7-11-27,28-12-8-5-9-13-28)35-21-26-20-33(29(34)32-26)22-31-17-23-14-24(18-31)16-25(15-23)19-31;1-2-14(16)9-17-10-15-6-11-3-12(7-15)5-13(4-11)8-15/h4-13,23-26H,14-22H2,1-3H3,(H,32,34);11-14,17H,2-10,16H2,1H3/t23?,24?,25?,26-,31?;11?,12?,13?,14-,15?/m01/s1. The van der Waals surface area contributed by atoms with Crippen LogP contribution in [-0.2, 0) is 8.85 Å². The zero-order valence-corrected chi connectivity index (χ0v) is 34.9. The maximum Gasteiger partial charge on any atom is 0.407 e. The molecule has 8 heteroatoms. The number of nitrogens with two attached hydrogens (primary N) is 1. The van der Waals surface area contributed by atoms with Gasteiger partial charge >= 0.3 is 14.6 Å². The zero-order valence-electron chi connectivity index (χ0n) is 33.9. The topological polar surface area (TPSA) is 88.9 Å². The van der Waals surface area contributed by atoms with Gasteiger partial charge in [-0.1, -0.05) is 67.6 Å². The highest BCUT2D eigenvalue weighted by atomic mass is 28.4. The van der Waals surface area contributed by atoms with E-state index in [1.807, 2.05) is 12.1 Å². The molecule has 2 amide bonds. The fourth-order valence-electron chi connectivity index (χ4n) is 13.4. The lowest BCUT2D eigenvalue weighted by atomic mass is 9.49. The summed E-state index contributed by atoms with van der Waals surface area (Å²) in [6.45, 7) is 12.8. The minimum Gasteiger partial charge on any atom is -0.385 e. The van der Waals surface area contributed by atoms with Crippen LogP contribution in [0.5, 0.6) is 0 Å². The van der Waals surface area contributed by atoms with Gasteiger partial charge in [-0.25, -0.2) is 4.79 Å². The van der Waals surface area contributed by atoms with Gasteiger partial charge in [0.05, 0.1) is 18.2 Å². The summed E-state index contributed by atoms with van der Waals surface area (Å²) in [5, 5.41) is 9.10. The van der Waals surface area contributed by atoms with Gasteiger partial charge in [0.25, 0.3) is 0 Å². The van der Waals surface area contributed by atoms with Gasteiger partial charge in [0.15, 0.2) is 0 Å². The van der Waals surface area contributed by atoms with E-state index in [9.17, 15) is 4.79 Å². The summed E-state index contributed by atoms with van der Waals surface area (Å²) in [4.78, 5) is 15.2. The summed E-state index contributed by atoms with van der Waals surface area (Å²) >= 11 is 0. The van der Waals surface area contributed by atoms with Crippen molar-refractivity contribution >= 4 is 25.0 Å². The van der Waals surface area contributed by atoms with E-state index < -0.39 is 8.56 Å². The van der Waals surface area contributed by atoms with E-state index in [0.717, 1.165) is 65.4 Å². The summed E-state index contributed by atoms with van der Waals surface area (Å²) in [5.74, 6) is 5.91. The molecule has 0 unspecified atom stereocenters. The lowest BCUT2D eigenvalue weighted by Gasteiger charge is -2.57. The van der Waals surface area contributed by atoms with E-state index in [2.05, 4.69) is 91.8 Å². The molecule has 2 aromatic rings. The van der Waals surface area contributed by atoms with Crippen LogP contribution in [-0.4, -0.2) is 70.0 Å². The largest absolute Gasteiger partial charge is 0.407 e. The molecule has 8 aliphatic carbocycles. The molecule has 8 bridgehead atoms. The molecule has 2 aromatic carbocycles. The molecule has 296 valence electrons. The third kappa shape index (κ3) is 8.53. The molecular formula is C46H70N4O3Si. The number of amides is 2. The van der Waals surface area contributed by atoms with Gasteiger partial charge < -0.3 is 30.1 Å². The van der Waals surface area contributed by atoms with Crippen molar-refractivity contribution < 1.29 is 13.6 Å². The predicted octanol–water partition coefficient (Wildman–Crippen LogP) is 7.21. The summed E-state index contributed by atoms with van der Waals surface area (Å²) in [6.07, 6.45) is 18.5. The van der Waals surface area contributed by atoms with Crippen LogP contribution in [0.25, 0.3) is 0 Å². The van der Waals surface area contributed by atoms with Crippen LogP contribution in [0.3, 0.4) is 0 Å².